The van der Waals surface area contributed by atoms with E-state index in [2.05, 4.69) is 19.1 Å². The van der Waals surface area contributed by atoms with E-state index in [1.165, 1.54) is 11.1 Å². The Balaban J connectivity index is 2.52. The van der Waals surface area contributed by atoms with Gasteiger partial charge in [0.15, 0.2) is 0 Å². The van der Waals surface area contributed by atoms with E-state index in [9.17, 15) is 4.79 Å². The summed E-state index contributed by atoms with van der Waals surface area (Å²) in [4.78, 5) is 11.7. The second-order valence-electron chi connectivity index (χ2n) is 4.66. The van der Waals surface area contributed by atoms with Crippen LogP contribution in [0.5, 0.6) is 0 Å². The minimum absolute atomic E-state index is 0.165. The Labute approximate surface area is 97.9 Å². The molecule has 0 saturated carbocycles. The quantitative estimate of drug-likeness (QED) is 0.826. The van der Waals surface area contributed by atoms with E-state index < -0.39 is 0 Å². The largest absolute Gasteiger partial charge is 0.321 e. The number of carbonyl (C=O) groups excluding carboxylic acids is 1. The fourth-order valence-electron chi connectivity index (χ4n) is 1.69. The summed E-state index contributed by atoms with van der Waals surface area (Å²) < 4.78 is 0. The van der Waals surface area contributed by atoms with Gasteiger partial charge in [0.25, 0.3) is 0 Å². The lowest BCUT2D eigenvalue weighted by Crippen LogP contribution is -2.35. The van der Waals surface area contributed by atoms with Crippen LogP contribution in [-0.4, -0.2) is 11.8 Å². The molecule has 0 spiro atoms. The van der Waals surface area contributed by atoms with Crippen molar-refractivity contribution in [3.05, 3.63) is 35.4 Å². The fourth-order valence-corrected chi connectivity index (χ4v) is 1.69. The summed E-state index contributed by atoms with van der Waals surface area (Å²) in [6.07, 6.45) is 1.34. The molecular weight excluding hydrogens is 198 g/mol. The molecule has 0 fully saturated rings. The first kappa shape index (κ1) is 12.9. The molecule has 0 aliphatic rings. The molecule has 2 nitrogen and oxygen atoms in total. The van der Waals surface area contributed by atoms with Crippen molar-refractivity contribution in [1.82, 2.24) is 0 Å². The predicted molar refractivity (Wildman–Crippen MR) is 67.3 cm³/mol. The van der Waals surface area contributed by atoms with E-state index >= 15 is 0 Å². The first-order valence-electron chi connectivity index (χ1n) is 5.85. The maximum Gasteiger partial charge on any atom is 0.150 e. The molecule has 2 heteroatoms. The molecule has 0 unspecified atom stereocenters. The summed E-state index contributed by atoms with van der Waals surface area (Å²) >= 11 is 0. The van der Waals surface area contributed by atoms with Gasteiger partial charge in [-0.05, 0) is 30.4 Å². The minimum Gasteiger partial charge on any atom is -0.321 e. The van der Waals surface area contributed by atoms with Crippen LogP contribution < -0.4 is 5.73 Å². The standard InChI is InChI=1S/C14H21NO/c1-10(2)14(15)13(16)9-8-12-7-5-4-6-11(12)3/h4-7,10,14H,8-9,15H2,1-3H3/t14-/m1/s1. The SMILES string of the molecule is Cc1ccccc1CCC(=O)[C@H](N)C(C)C. The van der Waals surface area contributed by atoms with Crippen LogP contribution in [0.4, 0.5) is 0 Å². The summed E-state index contributed by atoms with van der Waals surface area (Å²) in [5.74, 6) is 0.391. The lowest BCUT2D eigenvalue weighted by molar-refractivity contribution is -0.121. The number of carbonyl (C=O) groups is 1. The maximum atomic E-state index is 11.7. The number of rotatable bonds is 5. The molecule has 0 saturated heterocycles. The molecule has 1 aromatic carbocycles. The number of nitrogens with two attached hydrogens (primary N) is 1. The van der Waals surface area contributed by atoms with Gasteiger partial charge < -0.3 is 5.73 Å². The highest BCUT2D eigenvalue weighted by Crippen LogP contribution is 2.11. The van der Waals surface area contributed by atoms with Crippen LogP contribution in [0.15, 0.2) is 24.3 Å². The van der Waals surface area contributed by atoms with E-state index in [0.717, 1.165) is 6.42 Å². The summed E-state index contributed by atoms with van der Waals surface area (Å²) in [6.45, 7) is 6.04. The molecular formula is C14H21NO. The van der Waals surface area contributed by atoms with Crippen LogP contribution in [0, 0.1) is 12.8 Å². The Bertz CT molecular complexity index is 358. The van der Waals surface area contributed by atoms with Crippen molar-refractivity contribution in [3.8, 4) is 0 Å². The number of hydrogen-bond donors (Lipinski definition) is 1. The smallest absolute Gasteiger partial charge is 0.150 e. The highest BCUT2D eigenvalue weighted by atomic mass is 16.1. The van der Waals surface area contributed by atoms with Gasteiger partial charge in [-0.2, -0.15) is 0 Å². The van der Waals surface area contributed by atoms with Crippen LogP contribution in [0.3, 0.4) is 0 Å². The molecule has 0 heterocycles. The van der Waals surface area contributed by atoms with E-state index in [0.29, 0.717) is 6.42 Å². The zero-order chi connectivity index (χ0) is 12.1. The van der Waals surface area contributed by atoms with Gasteiger partial charge in [-0.1, -0.05) is 38.1 Å². The molecule has 16 heavy (non-hydrogen) atoms. The molecule has 1 atom stereocenters. The van der Waals surface area contributed by atoms with Crippen LogP contribution in [0.25, 0.3) is 0 Å². The maximum absolute atomic E-state index is 11.7. The van der Waals surface area contributed by atoms with Crippen LogP contribution >= 0.6 is 0 Å². The highest BCUT2D eigenvalue weighted by Gasteiger charge is 2.16. The molecule has 88 valence electrons. The molecule has 0 amide bonds. The van der Waals surface area contributed by atoms with Crippen LogP contribution in [0.1, 0.15) is 31.4 Å². The Hall–Kier alpha value is -1.15. The third kappa shape index (κ3) is 3.46. The van der Waals surface area contributed by atoms with Gasteiger partial charge in [0, 0.05) is 6.42 Å². The summed E-state index contributed by atoms with van der Waals surface area (Å²) in [5.41, 5.74) is 8.30. The fraction of sp³-hybridized carbons (Fsp3) is 0.500. The number of Topliss-reactive ketones (excluding diaryl/α,β-unsaturated/α-hetero) is 1. The first-order valence-corrected chi connectivity index (χ1v) is 5.85. The molecule has 0 aliphatic carbocycles. The lowest BCUT2D eigenvalue weighted by atomic mass is 9.95. The van der Waals surface area contributed by atoms with Gasteiger partial charge in [0.1, 0.15) is 5.78 Å². The number of hydrogen-bond acceptors (Lipinski definition) is 2. The molecule has 0 bridgehead atoms. The van der Waals surface area contributed by atoms with Crippen molar-refractivity contribution < 1.29 is 4.79 Å². The molecule has 1 aromatic rings. The van der Waals surface area contributed by atoms with Gasteiger partial charge in [0.05, 0.1) is 6.04 Å². The Morgan fingerprint density at radius 1 is 1.31 bits per heavy atom. The van der Waals surface area contributed by atoms with Crippen LogP contribution in [-0.2, 0) is 11.2 Å². The van der Waals surface area contributed by atoms with Gasteiger partial charge in [-0.15, -0.1) is 0 Å². The Morgan fingerprint density at radius 2 is 1.94 bits per heavy atom. The normalized spacial score (nSPS) is 12.8. The van der Waals surface area contributed by atoms with Crippen molar-refractivity contribution in [1.29, 1.82) is 0 Å². The Kier molecular flexibility index (Phi) is 4.69. The summed E-state index contributed by atoms with van der Waals surface area (Å²) in [5, 5.41) is 0. The van der Waals surface area contributed by atoms with E-state index in [-0.39, 0.29) is 17.7 Å². The van der Waals surface area contributed by atoms with Crippen molar-refractivity contribution in [2.75, 3.05) is 0 Å². The first-order chi connectivity index (χ1) is 7.52. The Morgan fingerprint density at radius 3 is 2.50 bits per heavy atom. The minimum atomic E-state index is -0.316. The van der Waals surface area contributed by atoms with E-state index in [1.807, 2.05) is 26.0 Å². The molecule has 2 N–H and O–H groups in total. The zero-order valence-electron chi connectivity index (χ0n) is 10.4. The van der Waals surface area contributed by atoms with E-state index in [4.69, 9.17) is 5.73 Å². The average molecular weight is 219 g/mol. The number of aryl methyl sites for hydroxylation is 2. The second-order valence-corrected chi connectivity index (χ2v) is 4.66. The molecule has 0 aliphatic heterocycles. The van der Waals surface area contributed by atoms with Crippen molar-refractivity contribution in [2.45, 2.75) is 39.7 Å². The van der Waals surface area contributed by atoms with Crippen molar-refractivity contribution >= 4 is 5.78 Å². The van der Waals surface area contributed by atoms with Crippen molar-refractivity contribution in [3.63, 3.8) is 0 Å². The zero-order valence-corrected chi connectivity index (χ0v) is 10.4. The monoisotopic (exact) mass is 219 g/mol. The molecule has 0 radical (unpaired) electrons. The van der Waals surface area contributed by atoms with E-state index in [1.54, 1.807) is 0 Å². The van der Waals surface area contributed by atoms with Crippen LogP contribution in [0.2, 0.25) is 0 Å². The third-order valence-electron chi connectivity index (χ3n) is 2.99. The number of ketones is 1. The summed E-state index contributed by atoms with van der Waals surface area (Å²) in [6, 6.07) is 7.85. The van der Waals surface area contributed by atoms with Gasteiger partial charge in [-0.3, -0.25) is 4.79 Å². The topological polar surface area (TPSA) is 43.1 Å². The lowest BCUT2D eigenvalue weighted by Gasteiger charge is -2.14. The second kappa shape index (κ2) is 5.80. The predicted octanol–water partition coefficient (Wildman–Crippen LogP) is 2.48. The van der Waals surface area contributed by atoms with Gasteiger partial charge in [-0.25, -0.2) is 0 Å². The van der Waals surface area contributed by atoms with Gasteiger partial charge in [0.2, 0.25) is 0 Å². The highest BCUT2D eigenvalue weighted by molar-refractivity contribution is 5.84. The summed E-state index contributed by atoms with van der Waals surface area (Å²) in [7, 11) is 0. The van der Waals surface area contributed by atoms with Crippen molar-refractivity contribution in [2.24, 2.45) is 11.7 Å². The number of benzene rings is 1. The third-order valence-corrected chi connectivity index (χ3v) is 2.99. The van der Waals surface area contributed by atoms with Gasteiger partial charge >= 0.3 is 0 Å². The molecule has 1 rings (SSSR count). The average Bonchev–Trinajstić information content (AvgIpc) is 2.26. The molecule has 0 aromatic heterocycles.